The molecule has 5 rings (SSSR count). The van der Waals surface area contributed by atoms with Gasteiger partial charge in [-0.2, -0.15) is 0 Å². The van der Waals surface area contributed by atoms with Gasteiger partial charge in [0.2, 0.25) is 11.8 Å². The first-order valence-electron chi connectivity index (χ1n) is 12.2. The van der Waals surface area contributed by atoms with Crippen LogP contribution in [0.3, 0.4) is 0 Å². The Morgan fingerprint density at radius 3 is 1.56 bits per heavy atom. The monoisotopic (exact) mass is 537 g/mol. The van der Waals surface area contributed by atoms with Crippen LogP contribution in [0.5, 0.6) is 0 Å². The molecule has 2 atom stereocenters. The Balaban J connectivity index is 1.74. The van der Waals surface area contributed by atoms with Gasteiger partial charge in [0.25, 0.3) is 0 Å². The first-order valence-corrected chi connectivity index (χ1v) is 13.0. The predicted octanol–water partition coefficient (Wildman–Crippen LogP) is 7.31. The van der Waals surface area contributed by atoms with E-state index in [9.17, 15) is 9.59 Å². The average Bonchev–Trinajstić information content (AvgIpc) is 3.15. The molecular formula is C32H28BrNO2. The van der Waals surface area contributed by atoms with Crippen molar-refractivity contribution in [2.75, 3.05) is 0 Å². The smallest absolute Gasteiger partial charge is 0.237 e. The molecule has 0 saturated carbocycles. The minimum absolute atomic E-state index is 0.146. The van der Waals surface area contributed by atoms with Crippen LogP contribution < -0.4 is 0 Å². The molecule has 0 aromatic heterocycles. The first kappa shape index (κ1) is 24.2. The Bertz CT molecular complexity index is 1270. The van der Waals surface area contributed by atoms with Crippen molar-refractivity contribution in [2.24, 2.45) is 5.41 Å². The number of nitrogens with zero attached hydrogens (tertiary/aromatic N) is 1. The van der Waals surface area contributed by atoms with Crippen LogP contribution in [0.4, 0.5) is 0 Å². The van der Waals surface area contributed by atoms with Gasteiger partial charge >= 0.3 is 0 Å². The topological polar surface area (TPSA) is 37.4 Å². The number of halogens is 1. The summed E-state index contributed by atoms with van der Waals surface area (Å²) in [4.78, 5) is 30.2. The fourth-order valence-electron chi connectivity index (χ4n) is 5.56. The van der Waals surface area contributed by atoms with E-state index < -0.39 is 11.0 Å². The molecule has 2 amide bonds. The number of hydrogen-bond donors (Lipinski definition) is 0. The number of rotatable bonds is 6. The van der Waals surface area contributed by atoms with Crippen LogP contribution in [0.2, 0.25) is 0 Å². The molecule has 4 heteroatoms. The Hall–Kier alpha value is -3.50. The van der Waals surface area contributed by atoms with Crippen LogP contribution in [0.1, 0.15) is 48.4 Å². The molecule has 0 N–H and O–H groups in total. The molecule has 4 aromatic carbocycles. The second-order valence-corrected chi connectivity index (χ2v) is 10.6. The molecule has 0 spiro atoms. The van der Waals surface area contributed by atoms with Crippen molar-refractivity contribution in [3.63, 3.8) is 0 Å². The van der Waals surface area contributed by atoms with E-state index in [4.69, 9.17) is 0 Å². The van der Waals surface area contributed by atoms with E-state index in [1.807, 2.05) is 129 Å². The lowest BCUT2D eigenvalue weighted by Gasteiger charge is -2.43. The van der Waals surface area contributed by atoms with E-state index in [0.29, 0.717) is 0 Å². The van der Waals surface area contributed by atoms with Gasteiger partial charge in [0.1, 0.15) is 5.54 Å². The number of carbonyl (C=O) groups excluding carboxylic acids is 2. The lowest BCUT2D eigenvalue weighted by atomic mass is 9.72. The third kappa shape index (κ3) is 3.81. The molecule has 0 bridgehead atoms. The Morgan fingerprint density at radius 2 is 1.14 bits per heavy atom. The van der Waals surface area contributed by atoms with Crippen LogP contribution in [-0.4, -0.2) is 16.7 Å². The van der Waals surface area contributed by atoms with Gasteiger partial charge in [-0.3, -0.25) is 14.5 Å². The lowest BCUT2D eigenvalue weighted by Crippen LogP contribution is -2.52. The van der Waals surface area contributed by atoms with Gasteiger partial charge in [-0.25, -0.2) is 0 Å². The predicted molar refractivity (Wildman–Crippen MR) is 146 cm³/mol. The van der Waals surface area contributed by atoms with Crippen molar-refractivity contribution in [1.82, 2.24) is 4.90 Å². The molecule has 36 heavy (non-hydrogen) atoms. The maximum Gasteiger partial charge on any atom is 0.237 e. The van der Waals surface area contributed by atoms with Crippen LogP contribution in [0.15, 0.2) is 120 Å². The van der Waals surface area contributed by atoms with Gasteiger partial charge in [0.15, 0.2) is 0 Å². The van der Waals surface area contributed by atoms with Crippen LogP contribution >= 0.6 is 15.9 Å². The SMILES string of the molecule is C[C@H](c1ccc(Br)cc1)[C@]1(C)CC(=O)N(C(c2ccccc2)(c2ccccc2)c2ccccc2)C1=O. The Kier molecular flexibility index (Phi) is 6.40. The highest BCUT2D eigenvalue weighted by atomic mass is 79.9. The largest absolute Gasteiger partial charge is 0.274 e. The summed E-state index contributed by atoms with van der Waals surface area (Å²) in [5.41, 5.74) is 1.70. The third-order valence-electron chi connectivity index (χ3n) is 7.70. The Morgan fingerprint density at radius 1 is 0.722 bits per heavy atom. The maximum atomic E-state index is 14.6. The normalized spacial score (nSPS) is 18.9. The molecule has 1 aliphatic heterocycles. The highest BCUT2D eigenvalue weighted by molar-refractivity contribution is 9.10. The van der Waals surface area contributed by atoms with Crippen LogP contribution in [0.25, 0.3) is 0 Å². The molecule has 1 saturated heterocycles. The van der Waals surface area contributed by atoms with Crippen molar-refractivity contribution >= 4 is 27.7 Å². The number of imide groups is 1. The molecule has 180 valence electrons. The second kappa shape index (κ2) is 9.51. The number of likely N-dealkylation sites (tertiary alicyclic amines) is 1. The van der Waals surface area contributed by atoms with Crippen molar-refractivity contribution in [1.29, 1.82) is 0 Å². The van der Waals surface area contributed by atoms with Crippen molar-refractivity contribution in [3.8, 4) is 0 Å². The molecule has 3 nitrogen and oxygen atoms in total. The number of carbonyl (C=O) groups is 2. The number of benzene rings is 4. The summed E-state index contributed by atoms with van der Waals surface area (Å²) in [6.45, 7) is 3.98. The van der Waals surface area contributed by atoms with E-state index in [-0.39, 0.29) is 24.2 Å². The van der Waals surface area contributed by atoms with Gasteiger partial charge in [-0.15, -0.1) is 0 Å². The fourth-order valence-corrected chi connectivity index (χ4v) is 5.82. The zero-order valence-corrected chi connectivity index (χ0v) is 22.0. The summed E-state index contributed by atoms with van der Waals surface area (Å²) < 4.78 is 0.982. The molecule has 0 radical (unpaired) electrons. The summed E-state index contributed by atoms with van der Waals surface area (Å²) in [7, 11) is 0. The minimum Gasteiger partial charge on any atom is -0.274 e. The van der Waals surface area contributed by atoms with Gasteiger partial charge in [0, 0.05) is 10.9 Å². The van der Waals surface area contributed by atoms with E-state index >= 15 is 0 Å². The van der Waals surface area contributed by atoms with E-state index in [1.54, 1.807) is 4.90 Å². The van der Waals surface area contributed by atoms with Gasteiger partial charge in [0.05, 0.1) is 5.41 Å². The molecule has 4 aromatic rings. The molecule has 1 heterocycles. The van der Waals surface area contributed by atoms with E-state index in [2.05, 4.69) is 15.9 Å². The Labute approximate surface area is 220 Å². The summed E-state index contributed by atoms with van der Waals surface area (Å²) in [5.74, 6) is -0.463. The minimum atomic E-state index is -1.09. The quantitative estimate of drug-likeness (QED) is 0.191. The summed E-state index contributed by atoms with van der Waals surface area (Å²) in [6.07, 6.45) is 0.150. The third-order valence-corrected chi connectivity index (χ3v) is 8.22. The molecular weight excluding hydrogens is 510 g/mol. The second-order valence-electron chi connectivity index (χ2n) is 9.71. The van der Waals surface area contributed by atoms with Crippen molar-refractivity contribution < 1.29 is 9.59 Å². The average molecular weight is 538 g/mol. The lowest BCUT2D eigenvalue weighted by molar-refractivity contribution is -0.146. The summed E-state index contributed by atoms with van der Waals surface area (Å²) >= 11 is 3.50. The van der Waals surface area contributed by atoms with Gasteiger partial charge in [-0.1, -0.05) is 126 Å². The van der Waals surface area contributed by atoms with Crippen molar-refractivity contribution in [2.45, 2.75) is 31.7 Å². The maximum absolute atomic E-state index is 14.6. The zero-order chi connectivity index (χ0) is 25.3. The first-order chi connectivity index (χ1) is 17.4. The standard InChI is InChI=1S/C32H28BrNO2/c1-23(24-18-20-28(33)21-19-24)31(2)22-29(35)34(30(31)36)32(25-12-6-3-7-13-25,26-14-8-4-9-15-26)27-16-10-5-11-17-27/h3-21,23H,22H2,1-2H3/t23-,31+/m1/s1. The van der Waals surface area contributed by atoms with Gasteiger partial charge < -0.3 is 0 Å². The summed E-state index contributed by atoms with van der Waals surface area (Å²) in [6, 6.07) is 37.7. The fraction of sp³-hybridized carbons (Fsp3) is 0.188. The molecule has 0 unspecified atom stereocenters. The van der Waals surface area contributed by atoms with Crippen molar-refractivity contribution in [3.05, 3.63) is 142 Å². The number of hydrogen-bond acceptors (Lipinski definition) is 2. The van der Waals surface area contributed by atoms with Gasteiger partial charge in [-0.05, 0) is 47.2 Å². The highest BCUT2D eigenvalue weighted by Crippen LogP contribution is 2.52. The summed E-state index contributed by atoms with van der Waals surface area (Å²) in [5, 5.41) is 0. The number of amides is 2. The van der Waals surface area contributed by atoms with Crippen LogP contribution in [0, 0.1) is 5.41 Å². The molecule has 1 aliphatic rings. The highest BCUT2D eigenvalue weighted by Gasteiger charge is 2.59. The molecule has 1 fully saturated rings. The molecule has 0 aliphatic carbocycles. The van der Waals surface area contributed by atoms with E-state index in [1.165, 1.54) is 0 Å². The van der Waals surface area contributed by atoms with Crippen LogP contribution in [-0.2, 0) is 15.1 Å². The van der Waals surface area contributed by atoms with E-state index in [0.717, 1.165) is 26.7 Å². The zero-order valence-electron chi connectivity index (χ0n) is 20.4.